The van der Waals surface area contributed by atoms with Crippen LogP contribution < -0.4 is 15.5 Å². The first-order valence-electron chi connectivity index (χ1n) is 12.3. The fourth-order valence-electron chi connectivity index (χ4n) is 3.48. The van der Waals surface area contributed by atoms with E-state index in [1.54, 1.807) is 47.4 Å². The second kappa shape index (κ2) is 14.9. The number of ether oxygens (including phenoxy) is 2. The average molecular weight is 583 g/mol. The van der Waals surface area contributed by atoms with Crippen LogP contribution in [0.5, 0.6) is 0 Å². The maximum Gasteiger partial charge on any atom is 0.323 e. The molecule has 41 heavy (non-hydrogen) atoms. The number of nitrogens with one attached hydrogen (secondary N) is 2. The maximum atomic E-state index is 12.8. The molecule has 214 valence electrons. The van der Waals surface area contributed by atoms with Crippen LogP contribution >= 0.6 is 11.6 Å². The number of non-ortho nitro benzene ring substituents is 1. The minimum Gasteiger partial charge on any atom is -0.464 e. The van der Waals surface area contributed by atoms with Crippen molar-refractivity contribution in [1.82, 2.24) is 0 Å². The van der Waals surface area contributed by atoms with E-state index in [0.717, 1.165) is 6.07 Å². The highest BCUT2D eigenvalue weighted by atomic mass is 35.5. The van der Waals surface area contributed by atoms with Gasteiger partial charge in [-0.25, -0.2) is 4.79 Å². The number of halogens is 1. The lowest BCUT2D eigenvalue weighted by Crippen LogP contribution is -2.32. The van der Waals surface area contributed by atoms with Crippen LogP contribution in [-0.2, 0) is 19.1 Å². The molecule has 0 saturated carbocycles. The van der Waals surface area contributed by atoms with Crippen molar-refractivity contribution in [2.24, 2.45) is 10.2 Å². The molecule has 3 aromatic rings. The van der Waals surface area contributed by atoms with Crippen molar-refractivity contribution in [3.63, 3.8) is 0 Å². The van der Waals surface area contributed by atoms with Gasteiger partial charge >= 0.3 is 18.0 Å². The van der Waals surface area contributed by atoms with Crippen LogP contribution in [0.25, 0.3) is 0 Å². The van der Waals surface area contributed by atoms with Crippen LogP contribution in [0.4, 0.5) is 38.9 Å². The van der Waals surface area contributed by atoms with E-state index in [2.05, 4.69) is 20.9 Å². The third kappa shape index (κ3) is 9.89. The number of para-hydroxylation sites is 1. The van der Waals surface area contributed by atoms with E-state index in [0.29, 0.717) is 11.4 Å². The third-order valence-corrected chi connectivity index (χ3v) is 5.67. The number of rotatable bonds is 12. The molecule has 3 aromatic carbocycles. The first-order valence-corrected chi connectivity index (χ1v) is 12.6. The molecule has 2 N–H and O–H groups in total. The predicted octanol–water partition coefficient (Wildman–Crippen LogP) is 6.24. The van der Waals surface area contributed by atoms with Crippen LogP contribution in [-0.4, -0.2) is 49.2 Å². The van der Waals surface area contributed by atoms with E-state index in [1.165, 1.54) is 26.0 Å². The average Bonchev–Trinajstić information content (AvgIpc) is 2.92. The van der Waals surface area contributed by atoms with Gasteiger partial charge in [-0.2, -0.15) is 0 Å². The Morgan fingerprint density at radius 3 is 2.07 bits per heavy atom. The molecule has 0 radical (unpaired) electrons. The molecule has 0 aromatic heterocycles. The molecule has 0 heterocycles. The monoisotopic (exact) mass is 582 g/mol. The Morgan fingerprint density at radius 2 is 1.49 bits per heavy atom. The van der Waals surface area contributed by atoms with E-state index < -0.39 is 22.9 Å². The van der Waals surface area contributed by atoms with Crippen molar-refractivity contribution in [3.05, 3.63) is 81.9 Å². The molecule has 3 rings (SSSR count). The molecular weight excluding hydrogens is 556 g/mol. The van der Waals surface area contributed by atoms with Gasteiger partial charge in [0.15, 0.2) is 0 Å². The number of amides is 2. The van der Waals surface area contributed by atoms with Gasteiger partial charge in [0, 0.05) is 37.4 Å². The fraction of sp³-hybridized carbons (Fsp3) is 0.222. The van der Waals surface area contributed by atoms with E-state index in [-0.39, 0.29) is 54.1 Å². The summed E-state index contributed by atoms with van der Waals surface area (Å²) in [5.74, 6) is -0.879. The summed E-state index contributed by atoms with van der Waals surface area (Å²) in [6, 6.07) is 17.0. The van der Waals surface area contributed by atoms with Gasteiger partial charge in [0.05, 0.1) is 28.7 Å². The molecule has 14 heteroatoms. The molecule has 0 spiro atoms. The largest absolute Gasteiger partial charge is 0.464 e. The topological polar surface area (TPSA) is 165 Å². The van der Waals surface area contributed by atoms with E-state index in [1.807, 2.05) is 6.07 Å². The number of carbonyl (C=O) groups is 3. The summed E-state index contributed by atoms with van der Waals surface area (Å²) >= 11 is 6.15. The third-order valence-electron chi connectivity index (χ3n) is 5.37. The normalized spacial score (nSPS) is 10.6. The first-order chi connectivity index (χ1) is 19.6. The van der Waals surface area contributed by atoms with E-state index in [4.69, 9.17) is 21.1 Å². The lowest BCUT2D eigenvalue weighted by molar-refractivity contribution is -0.384. The minimum atomic E-state index is -0.576. The van der Waals surface area contributed by atoms with Crippen LogP contribution in [0.15, 0.2) is 77.0 Å². The van der Waals surface area contributed by atoms with Gasteiger partial charge < -0.3 is 25.0 Å². The molecule has 0 atom stereocenters. The van der Waals surface area contributed by atoms with Crippen molar-refractivity contribution in [3.8, 4) is 0 Å². The number of hydrogen-bond acceptors (Lipinski definition) is 10. The van der Waals surface area contributed by atoms with Crippen LogP contribution in [0.2, 0.25) is 5.02 Å². The van der Waals surface area contributed by atoms with E-state index >= 15 is 0 Å². The lowest BCUT2D eigenvalue weighted by Gasteiger charge is -2.25. The predicted molar refractivity (Wildman–Crippen MR) is 153 cm³/mol. The summed E-state index contributed by atoms with van der Waals surface area (Å²) in [5.41, 5.74) is 1.68. The molecule has 0 aliphatic carbocycles. The Hall–Kier alpha value is -5.04. The lowest BCUT2D eigenvalue weighted by atomic mass is 10.2. The second-order valence-corrected chi connectivity index (χ2v) is 8.81. The summed E-state index contributed by atoms with van der Waals surface area (Å²) in [5, 5.41) is 24.8. The zero-order valence-corrected chi connectivity index (χ0v) is 23.0. The number of esters is 2. The fourth-order valence-corrected chi connectivity index (χ4v) is 3.69. The molecule has 0 aliphatic rings. The van der Waals surface area contributed by atoms with Crippen LogP contribution in [0.3, 0.4) is 0 Å². The number of urea groups is 1. The van der Waals surface area contributed by atoms with Crippen LogP contribution in [0, 0.1) is 10.1 Å². The van der Waals surface area contributed by atoms with Gasteiger partial charge in [0.25, 0.3) is 5.69 Å². The number of carbonyl (C=O) groups excluding carboxylic acids is 3. The summed E-state index contributed by atoms with van der Waals surface area (Å²) in [4.78, 5) is 47.6. The molecule has 2 amide bonds. The molecular formula is C27H27ClN6O7. The van der Waals surface area contributed by atoms with Crippen molar-refractivity contribution >= 4 is 63.7 Å². The number of benzene rings is 3. The maximum absolute atomic E-state index is 12.8. The van der Waals surface area contributed by atoms with Gasteiger partial charge in [0.1, 0.15) is 24.6 Å². The Bertz CT molecular complexity index is 1410. The quantitative estimate of drug-likeness (QED) is 0.110. The highest BCUT2D eigenvalue weighted by molar-refractivity contribution is 6.33. The Labute approximate surface area is 240 Å². The Kier molecular flexibility index (Phi) is 11.1. The smallest absolute Gasteiger partial charge is 0.323 e. The first kappa shape index (κ1) is 30.5. The molecule has 0 bridgehead atoms. The Morgan fingerprint density at radius 1 is 0.878 bits per heavy atom. The van der Waals surface area contributed by atoms with Gasteiger partial charge in [-0.15, -0.1) is 10.2 Å². The van der Waals surface area contributed by atoms with Gasteiger partial charge in [-0.1, -0.05) is 29.8 Å². The molecule has 0 fully saturated rings. The van der Waals surface area contributed by atoms with Crippen LogP contribution in [0.1, 0.15) is 13.8 Å². The molecule has 0 saturated heterocycles. The number of nitrogens with zero attached hydrogens (tertiary/aromatic N) is 4. The van der Waals surface area contributed by atoms with Gasteiger partial charge in [-0.05, 0) is 36.4 Å². The van der Waals surface area contributed by atoms with E-state index in [9.17, 15) is 24.5 Å². The highest BCUT2D eigenvalue weighted by Gasteiger charge is 2.15. The molecule has 0 unspecified atom stereocenters. The van der Waals surface area contributed by atoms with Crippen molar-refractivity contribution < 1.29 is 28.8 Å². The number of nitro benzene ring substituents is 1. The van der Waals surface area contributed by atoms with Gasteiger partial charge in [-0.3, -0.25) is 19.7 Å². The Balaban J connectivity index is 1.93. The summed E-state index contributed by atoms with van der Waals surface area (Å²) in [6.07, 6.45) is 0. The van der Waals surface area contributed by atoms with Crippen molar-refractivity contribution in [2.45, 2.75) is 13.8 Å². The summed E-state index contributed by atoms with van der Waals surface area (Å²) in [6.45, 7) is 3.30. The molecule has 13 nitrogen and oxygen atoms in total. The number of nitro groups is 1. The molecule has 0 aliphatic heterocycles. The minimum absolute atomic E-state index is 0.0259. The van der Waals surface area contributed by atoms with Crippen molar-refractivity contribution in [2.75, 3.05) is 41.8 Å². The zero-order valence-electron chi connectivity index (χ0n) is 22.2. The summed E-state index contributed by atoms with van der Waals surface area (Å²) < 4.78 is 10.1. The number of anilines is 3. The second-order valence-electron chi connectivity index (χ2n) is 8.41. The SMILES string of the molecule is CC(=O)OCCN(CCOC(C)=O)c1ccc(N=Nc2ccc([N+](=O)[O-])cc2Cl)c(NC(=O)Nc2ccccc2)c1. The zero-order chi connectivity index (χ0) is 29.8. The standard InChI is InChI=1S/C27H27ClN6O7/c1-18(35)40-14-12-33(13-15-41-19(2)36)21-8-11-25(32-31-24-10-9-22(34(38)39)16-23(24)28)26(17-21)30-27(37)29-20-6-4-3-5-7-20/h3-11,16-17H,12-15H2,1-2H3,(H2,29,30,37). The number of azo groups is 1. The summed E-state index contributed by atoms with van der Waals surface area (Å²) in [7, 11) is 0. The highest BCUT2D eigenvalue weighted by Crippen LogP contribution is 2.34. The number of hydrogen-bond donors (Lipinski definition) is 2. The van der Waals surface area contributed by atoms with Crippen molar-refractivity contribution in [1.29, 1.82) is 0 Å². The van der Waals surface area contributed by atoms with Gasteiger partial charge in [0.2, 0.25) is 0 Å².